The summed E-state index contributed by atoms with van der Waals surface area (Å²) in [4.78, 5) is 12.1. The molecule has 2 aromatic rings. The van der Waals surface area contributed by atoms with Gasteiger partial charge in [0.15, 0.2) is 0 Å². The topological polar surface area (TPSA) is 46.9 Å². The van der Waals surface area contributed by atoms with Crippen LogP contribution in [-0.4, -0.2) is 15.7 Å². The molecule has 4 heteroatoms. The third-order valence-electron chi connectivity index (χ3n) is 3.02. The average Bonchev–Trinajstić information content (AvgIpc) is 2.63. The van der Waals surface area contributed by atoms with Gasteiger partial charge in [-0.05, 0) is 44.0 Å². The largest absolute Gasteiger partial charge is 0.322 e. The second-order valence-electron chi connectivity index (χ2n) is 4.56. The van der Waals surface area contributed by atoms with Gasteiger partial charge in [0.25, 0.3) is 5.91 Å². The highest BCUT2D eigenvalue weighted by Crippen LogP contribution is 2.15. The first-order chi connectivity index (χ1) is 8.47. The van der Waals surface area contributed by atoms with Crippen LogP contribution in [0, 0.1) is 20.8 Å². The van der Waals surface area contributed by atoms with Crippen LogP contribution in [-0.2, 0) is 7.05 Å². The molecule has 0 spiro atoms. The molecular formula is C14H17N3O. The third kappa shape index (κ3) is 2.42. The van der Waals surface area contributed by atoms with Crippen LogP contribution < -0.4 is 5.32 Å². The van der Waals surface area contributed by atoms with Gasteiger partial charge in [0.05, 0.1) is 11.3 Å². The van der Waals surface area contributed by atoms with Gasteiger partial charge in [-0.25, -0.2) is 0 Å². The van der Waals surface area contributed by atoms with E-state index in [-0.39, 0.29) is 5.91 Å². The lowest BCUT2D eigenvalue weighted by Crippen LogP contribution is -2.12. The highest BCUT2D eigenvalue weighted by molar-refractivity contribution is 6.04. The lowest BCUT2D eigenvalue weighted by atomic mass is 10.1. The zero-order valence-electron chi connectivity index (χ0n) is 11.1. The monoisotopic (exact) mass is 243 g/mol. The number of aryl methyl sites for hydroxylation is 4. The molecule has 0 saturated heterocycles. The maximum atomic E-state index is 12.1. The van der Waals surface area contributed by atoms with E-state index in [0.29, 0.717) is 5.56 Å². The number of rotatable bonds is 2. The van der Waals surface area contributed by atoms with Crippen molar-refractivity contribution in [1.82, 2.24) is 9.78 Å². The van der Waals surface area contributed by atoms with Gasteiger partial charge in [0.2, 0.25) is 0 Å². The van der Waals surface area contributed by atoms with E-state index in [1.807, 2.05) is 39.0 Å². The van der Waals surface area contributed by atoms with Gasteiger partial charge in [0.1, 0.15) is 0 Å². The Morgan fingerprint density at radius 1 is 1.22 bits per heavy atom. The van der Waals surface area contributed by atoms with Crippen LogP contribution in [0.25, 0.3) is 0 Å². The van der Waals surface area contributed by atoms with Crippen LogP contribution in [0.15, 0.2) is 24.4 Å². The number of amides is 1. The first-order valence-corrected chi connectivity index (χ1v) is 5.86. The van der Waals surface area contributed by atoms with Gasteiger partial charge < -0.3 is 5.32 Å². The summed E-state index contributed by atoms with van der Waals surface area (Å²) in [7, 11) is 1.81. The van der Waals surface area contributed by atoms with Gasteiger partial charge in [-0.15, -0.1) is 0 Å². The molecule has 0 radical (unpaired) electrons. The minimum absolute atomic E-state index is 0.121. The molecule has 0 unspecified atom stereocenters. The molecule has 0 fully saturated rings. The van der Waals surface area contributed by atoms with Crippen LogP contribution in [0.4, 0.5) is 5.69 Å². The van der Waals surface area contributed by atoms with E-state index in [4.69, 9.17) is 0 Å². The molecule has 1 aromatic heterocycles. The Morgan fingerprint density at radius 2 is 1.94 bits per heavy atom. The fourth-order valence-corrected chi connectivity index (χ4v) is 1.84. The van der Waals surface area contributed by atoms with Gasteiger partial charge in [-0.3, -0.25) is 9.48 Å². The molecule has 0 aliphatic carbocycles. The number of anilines is 1. The zero-order chi connectivity index (χ0) is 13.3. The smallest absolute Gasteiger partial charge is 0.259 e. The third-order valence-corrected chi connectivity index (χ3v) is 3.02. The second-order valence-corrected chi connectivity index (χ2v) is 4.56. The van der Waals surface area contributed by atoms with Gasteiger partial charge in [-0.2, -0.15) is 5.10 Å². The molecule has 1 amide bonds. The summed E-state index contributed by atoms with van der Waals surface area (Å²) >= 11 is 0. The average molecular weight is 243 g/mol. The summed E-state index contributed by atoms with van der Waals surface area (Å²) in [6.07, 6.45) is 1.73. The number of nitrogens with zero attached hydrogens (tertiary/aromatic N) is 2. The predicted octanol–water partition coefficient (Wildman–Crippen LogP) is 2.60. The maximum Gasteiger partial charge on any atom is 0.259 e. The fraction of sp³-hybridized carbons (Fsp3) is 0.286. The standard InChI is InChI=1S/C14H17N3O/c1-9-5-6-12(7-10(9)2)15-14(18)13-8-17(4)16-11(13)3/h5-8H,1-4H3,(H,15,18). The molecular weight excluding hydrogens is 226 g/mol. The highest BCUT2D eigenvalue weighted by atomic mass is 16.1. The van der Waals surface area contributed by atoms with E-state index in [1.54, 1.807) is 17.9 Å². The Morgan fingerprint density at radius 3 is 2.50 bits per heavy atom. The van der Waals surface area contributed by atoms with Crippen molar-refractivity contribution in [3.8, 4) is 0 Å². The summed E-state index contributed by atoms with van der Waals surface area (Å²) in [5, 5.41) is 7.05. The molecule has 4 nitrogen and oxygen atoms in total. The van der Waals surface area contributed by atoms with Crippen molar-refractivity contribution >= 4 is 11.6 Å². The van der Waals surface area contributed by atoms with E-state index in [9.17, 15) is 4.79 Å². The minimum atomic E-state index is -0.121. The van der Waals surface area contributed by atoms with Crippen molar-refractivity contribution < 1.29 is 4.79 Å². The summed E-state index contributed by atoms with van der Waals surface area (Å²) in [6, 6.07) is 5.88. The number of carbonyl (C=O) groups is 1. The summed E-state index contributed by atoms with van der Waals surface area (Å²) in [6.45, 7) is 5.90. The Balaban J connectivity index is 2.21. The van der Waals surface area contributed by atoms with E-state index in [0.717, 1.165) is 16.9 Å². The molecule has 1 heterocycles. The first-order valence-electron chi connectivity index (χ1n) is 5.86. The summed E-state index contributed by atoms with van der Waals surface area (Å²) < 4.78 is 1.64. The molecule has 1 N–H and O–H groups in total. The van der Waals surface area contributed by atoms with Crippen LogP contribution >= 0.6 is 0 Å². The van der Waals surface area contributed by atoms with Crippen LogP contribution in [0.2, 0.25) is 0 Å². The minimum Gasteiger partial charge on any atom is -0.322 e. The van der Waals surface area contributed by atoms with Crippen molar-refractivity contribution in [3.63, 3.8) is 0 Å². The quantitative estimate of drug-likeness (QED) is 0.881. The Labute approximate surface area is 107 Å². The molecule has 94 valence electrons. The van der Waals surface area contributed by atoms with Gasteiger partial charge in [-0.1, -0.05) is 6.07 Å². The van der Waals surface area contributed by atoms with Crippen molar-refractivity contribution in [2.45, 2.75) is 20.8 Å². The molecule has 0 bridgehead atoms. The number of aromatic nitrogens is 2. The maximum absolute atomic E-state index is 12.1. The first kappa shape index (κ1) is 12.4. The molecule has 1 aromatic carbocycles. The Bertz CT molecular complexity index is 599. The highest BCUT2D eigenvalue weighted by Gasteiger charge is 2.12. The molecule has 0 aliphatic heterocycles. The number of carbonyl (C=O) groups excluding carboxylic acids is 1. The Kier molecular flexibility index (Phi) is 3.19. The van der Waals surface area contributed by atoms with Gasteiger partial charge in [0, 0.05) is 18.9 Å². The van der Waals surface area contributed by atoms with Crippen molar-refractivity contribution in [2.24, 2.45) is 7.05 Å². The summed E-state index contributed by atoms with van der Waals surface area (Å²) in [5.74, 6) is -0.121. The Hall–Kier alpha value is -2.10. The van der Waals surface area contributed by atoms with E-state index in [2.05, 4.69) is 10.4 Å². The fourth-order valence-electron chi connectivity index (χ4n) is 1.84. The zero-order valence-corrected chi connectivity index (χ0v) is 11.1. The number of benzene rings is 1. The predicted molar refractivity (Wildman–Crippen MR) is 71.8 cm³/mol. The molecule has 0 atom stereocenters. The number of hydrogen-bond donors (Lipinski definition) is 1. The molecule has 0 aliphatic rings. The lowest BCUT2D eigenvalue weighted by molar-refractivity contribution is 0.102. The second kappa shape index (κ2) is 4.64. The number of nitrogens with one attached hydrogen (secondary N) is 1. The van der Waals surface area contributed by atoms with Crippen molar-refractivity contribution in [2.75, 3.05) is 5.32 Å². The van der Waals surface area contributed by atoms with E-state index >= 15 is 0 Å². The lowest BCUT2D eigenvalue weighted by Gasteiger charge is -2.07. The van der Waals surface area contributed by atoms with E-state index in [1.165, 1.54) is 5.56 Å². The molecule has 0 saturated carbocycles. The van der Waals surface area contributed by atoms with Crippen molar-refractivity contribution in [1.29, 1.82) is 0 Å². The van der Waals surface area contributed by atoms with Crippen molar-refractivity contribution in [3.05, 3.63) is 46.8 Å². The van der Waals surface area contributed by atoms with Gasteiger partial charge >= 0.3 is 0 Å². The molecule has 2 rings (SSSR count). The SMILES string of the molecule is Cc1ccc(NC(=O)c2cn(C)nc2C)cc1C. The number of hydrogen-bond acceptors (Lipinski definition) is 2. The van der Waals surface area contributed by atoms with E-state index < -0.39 is 0 Å². The van der Waals surface area contributed by atoms with Crippen LogP contribution in [0.5, 0.6) is 0 Å². The normalized spacial score (nSPS) is 10.4. The summed E-state index contributed by atoms with van der Waals surface area (Å²) in [5.41, 5.74) is 4.53. The molecule has 18 heavy (non-hydrogen) atoms. The van der Waals surface area contributed by atoms with Crippen LogP contribution in [0.3, 0.4) is 0 Å². The van der Waals surface area contributed by atoms with Crippen LogP contribution in [0.1, 0.15) is 27.2 Å².